The van der Waals surface area contributed by atoms with Crippen LogP contribution in [-0.2, 0) is 61.6 Å². The lowest BCUT2D eigenvalue weighted by Gasteiger charge is -2.75. The summed E-state index contributed by atoms with van der Waals surface area (Å²) in [7, 11) is 3.59. The lowest BCUT2D eigenvalue weighted by molar-refractivity contribution is -0.312. The average Bonchev–Trinajstić information content (AvgIpc) is 1.53. The number of piperidine rings is 2. The predicted molar refractivity (Wildman–Crippen MR) is 365 cm³/mol. The van der Waals surface area contributed by atoms with E-state index >= 15 is 0 Å². The number of benzene rings is 2. The zero-order chi connectivity index (χ0) is 70.7. The number of fused-ring (bicyclic) bond motifs is 4. The maximum atomic E-state index is 13.1. The van der Waals surface area contributed by atoms with Gasteiger partial charge in [0.2, 0.25) is 0 Å². The van der Waals surface area contributed by atoms with Crippen molar-refractivity contribution in [2.45, 2.75) is 280 Å². The van der Waals surface area contributed by atoms with Gasteiger partial charge >= 0.3 is 12.3 Å². The van der Waals surface area contributed by atoms with Gasteiger partial charge in [0.15, 0.2) is 34.6 Å². The Bertz CT molecular complexity index is 3370. The second kappa shape index (κ2) is 25.1. The number of aliphatic hydroxyl groups is 5. The van der Waals surface area contributed by atoms with Crippen molar-refractivity contribution in [3.8, 4) is 23.0 Å². The van der Waals surface area contributed by atoms with Gasteiger partial charge in [-0.25, -0.2) is 9.59 Å². The highest BCUT2D eigenvalue weighted by atomic mass is 16.8. The summed E-state index contributed by atoms with van der Waals surface area (Å²) in [6.07, 6.45) is 12.7. The Kier molecular flexibility index (Phi) is 18.3. The van der Waals surface area contributed by atoms with E-state index in [4.69, 9.17) is 67.1 Å². The molecule has 8 saturated carbocycles. The lowest BCUT2D eigenvalue weighted by atomic mass is 9.33. The van der Waals surface area contributed by atoms with E-state index < -0.39 is 59.0 Å². The van der Waals surface area contributed by atoms with Gasteiger partial charge in [0.05, 0.1) is 62.5 Å². The first kappa shape index (κ1) is 72.0. The van der Waals surface area contributed by atoms with Gasteiger partial charge in [0.1, 0.15) is 23.4 Å². The van der Waals surface area contributed by atoms with Crippen LogP contribution in [0.15, 0.2) is 24.3 Å². The fourth-order valence-corrected chi connectivity index (χ4v) is 22.1. The Morgan fingerprint density at radius 2 is 1.02 bits per heavy atom. The van der Waals surface area contributed by atoms with Crippen molar-refractivity contribution in [3.63, 3.8) is 0 Å². The molecule has 4 spiro atoms. The molecule has 6 heterocycles. The zero-order valence-electron chi connectivity index (χ0n) is 61.6. The molecule has 2 aromatic rings. The zero-order valence-corrected chi connectivity index (χ0v) is 61.6. The maximum Gasteiger partial charge on any atom is 0.513 e. The third kappa shape index (κ3) is 11.3. The number of hydrogen-bond donors (Lipinski definition) is 5. The molecule has 0 unspecified atom stereocenters. The minimum absolute atomic E-state index is 0.0633. The number of ether oxygens (including phenoxy) is 12. The van der Waals surface area contributed by atoms with E-state index in [2.05, 4.69) is 63.5 Å². The third-order valence-electron chi connectivity index (χ3n) is 28.2. The SMILES string of the molecule is CC1(C)OC[C@@H](CCO)O1.CO[C@]12CC[C@@]3(C[C@@H]1[C@](C)(O)C(C)(C)C)[C@H]1Cc4ccc(OC(=O)OCC[C@@H](O)CO)c5c4[C@@]3(CCN1CC1CC1)[C@H]2O5.CO[C@]12CC[C@@]3(C[C@@H]1[C@](C)(O)C(C)(C)C)[C@H]1Cc4ccc(OC(=O)OCC[C@@H]5COC(C)(C)O5)c5c4[C@@]3(CCN1CC1CC1)[C@H]2O5. The van der Waals surface area contributed by atoms with Crippen LogP contribution in [0.25, 0.3) is 0 Å². The van der Waals surface area contributed by atoms with Gasteiger partial charge in [-0.2, -0.15) is 0 Å². The van der Waals surface area contributed by atoms with Gasteiger partial charge in [-0.1, -0.05) is 53.7 Å². The summed E-state index contributed by atoms with van der Waals surface area (Å²) in [5.41, 5.74) is 0.125. The van der Waals surface area contributed by atoms with Crippen LogP contribution in [0.3, 0.4) is 0 Å². The molecule has 4 saturated heterocycles. The highest BCUT2D eigenvalue weighted by molar-refractivity contribution is 5.71. The van der Waals surface area contributed by atoms with E-state index in [1.807, 2.05) is 60.8 Å². The number of nitrogens with zero attached hydrogens (tertiary/aromatic N) is 2. The minimum atomic E-state index is -1.01. The summed E-state index contributed by atoms with van der Waals surface area (Å²) in [5.74, 6) is 2.32. The van der Waals surface area contributed by atoms with Crippen LogP contribution in [0.2, 0.25) is 0 Å². The van der Waals surface area contributed by atoms with Gasteiger partial charge in [-0.05, 0) is 197 Å². The van der Waals surface area contributed by atoms with Crippen molar-refractivity contribution in [1.29, 1.82) is 0 Å². The number of likely N-dealkylation sites (tertiary alicyclic amines) is 2. The average molecular weight is 1390 g/mol. The molecule has 16 aliphatic rings. The molecule has 12 fully saturated rings. The smallest absolute Gasteiger partial charge is 0.482 e. The van der Waals surface area contributed by atoms with E-state index in [1.54, 1.807) is 7.11 Å². The monoisotopic (exact) mass is 1380 g/mol. The summed E-state index contributed by atoms with van der Waals surface area (Å²) >= 11 is 0. The van der Waals surface area contributed by atoms with E-state index in [9.17, 15) is 24.9 Å². The largest absolute Gasteiger partial charge is 0.513 e. The van der Waals surface area contributed by atoms with Crippen LogP contribution in [0.5, 0.6) is 23.0 Å². The molecule has 21 nitrogen and oxygen atoms in total. The lowest BCUT2D eigenvalue weighted by Crippen LogP contribution is -2.83. The first-order valence-corrected chi connectivity index (χ1v) is 37.6. The Morgan fingerprint density at radius 3 is 1.39 bits per heavy atom. The number of carbonyl (C=O) groups is 2. The van der Waals surface area contributed by atoms with Crippen molar-refractivity contribution in [1.82, 2.24) is 9.80 Å². The van der Waals surface area contributed by atoms with E-state index in [0.29, 0.717) is 61.1 Å². The molecule has 0 aromatic heterocycles. The maximum absolute atomic E-state index is 13.1. The molecule has 21 heteroatoms. The van der Waals surface area contributed by atoms with Crippen molar-refractivity contribution in [2.75, 3.05) is 80.0 Å². The van der Waals surface area contributed by atoms with Gasteiger partial charge in [0, 0.05) is 103 Å². The summed E-state index contributed by atoms with van der Waals surface area (Å²) in [6, 6.07) is 8.72. The summed E-state index contributed by atoms with van der Waals surface area (Å²) in [6.45, 7) is 29.6. The minimum Gasteiger partial charge on any atom is -0.482 e. The van der Waals surface area contributed by atoms with Crippen LogP contribution in [0.4, 0.5) is 9.59 Å². The van der Waals surface area contributed by atoms with Gasteiger partial charge in [-0.15, -0.1) is 0 Å². The van der Waals surface area contributed by atoms with Crippen molar-refractivity contribution in [3.05, 3.63) is 46.5 Å². The Balaban J connectivity index is 0.000000148. The number of rotatable bonds is 19. The molecule has 17 atom stereocenters. The number of carbonyl (C=O) groups excluding carboxylic acids is 2. The molecule has 99 heavy (non-hydrogen) atoms. The quantitative estimate of drug-likeness (QED) is 0.0648. The van der Waals surface area contributed by atoms with Crippen LogP contribution >= 0.6 is 0 Å². The Morgan fingerprint density at radius 1 is 0.596 bits per heavy atom. The number of methoxy groups -OCH3 is 2. The normalized spacial score (nSPS) is 38.0. The van der Waals surface area contributed by atoms with Crippen molar-refractivity contribution >= 4 is 12.3 Å². The fraction of sp³-hybridized carbons (Fsp3) is 0.821. The second-order valence-corrected chi connectivity index (χ2v) is 35.8. The first-order valence-electron chi connectivity index (χ1n) is 37.6. The van der Waals surface area contributed by atoms with E-state index in [-0.39, 0.29) is 95.0 Å². The highest BCUT2D eigenvalue weighted by Crippen LogP contribution is 2.80. The molecule has 552 valence electrons. The summed E-state index contributed by atoms with van der Waals surface area (Å²) in [5, 5.41) is 52.1. The molecule has 0 amide bonds. The highest BCUT2D eigenvalue weighted by Gasteiger charge is 2.84. The molecule has 18 rings (SSSR count). The molecular formula is C78H116N2O19. The topological polar surface area (TPSA) is 253 Å². The van der Waals surface area contributed by atoms with Crippen LogP contribution in [0, 0.1) is 45.3 Å². The molecule has 6 aliphatic heterocycles. The predicted octanol–water partition coefficient (Wildman–Crippen LogP) is 10.3. The number of hydrogen-bond acceptors (Lipinski definition) is 21. The van der Waals surface area contributed by atoms with Crippen molar-refractivity contribution < 1.29 is 92.0 Å². The van der Waals surface area contributed by atoms with Crippen LogP contribution in [-0.4, -0.2) is 204 Å². The Hall–Kier alpha value is -3.94. The van der Waals surface area contributed by atoms with Gasteiger partial charge < -0.3 is 82.4 Å². The summed E-state index contributed by atoms with van der Waals surface area (Å²) in [4.78, 5) is 31.4. The van der Waals surface area contributed by atoms with E-state index in [1.165, 1.54) is 47.9 Å². The van der Waals surface area contributed by atoms with Crippen LogP contribution in [0.1, 0.15) is 202 Å². The molecule has 10 aliphatic carbocycles. The third-order valence-corrected chi connectivity index (χ3v) is 28.2. The Labute approximate surface area is 586 Å². The molecule has 5 N–H and O–H groups in total. The fourth-order valence-electron chi connectivity index (χ4n) is 22.1. The molecule has 2 aromatic carbocycles. The number of aliphatic hydroxyl groups excluding tert-OH is 3. The molecule has 0 radical (unpaired) electrons. The molecular weight excluding hydrogens is 1270 g/mol. The first-order chi connectivity index (χ1) is 46.7. The summed E-state index contributed by atoms with van der Waals surface area (Å²) < 4.78 is 72.3. The van der Waals surface area contributed by atoms with Gasteiger partial charge in [-0.3, -0.25) is 9.80 Å². The van der Waals surface area contributed by atoms with E-state index in [0.717, 1.165) is 102 Å². The standard InChI is InChI=1S/C37H53NO8.C34H49NO8.C7H14O3/c1-32(2,3)34(6,40)26-19-35-13-14-37(26,41-7)30-36(35)15-16-38(20-22-8-9-22)27(35)18-23-10-11-25(29(45-30)28(23)36)44-31(39)42-17-12-24-21-43-33(4,5)46-24;1-30(2,3)31(4,39)24-17-32-11-12-34(24,40-5)28-33(32)13-14-35(18-20-6-7-20)25(32)16-21-8-9-23(27(43-28)26(21)33)42-29(38)41-15-10-22(37)19-36;1-7(2)9-5-6(10-7)3-4-8/h10-11,22,24,26-27,30,40H,8-9,12-21H2,1-7H3;8-9,20,22,24-25,28,36-37,39H,6-7,10-19H2,1-5H3;6,8H,3-5H2,1-2H3/t24-,26-,27-,30-,34+,35-,36+,37-;22-,24-,25-,28-,31+,32-,33+,34-;6-/m111/s1. The molecule has 8 bridgehead atoms. The van der Waals surface area contributed by atoms with Crippen LogP contribution < -0.4 is 18.9 Å². The van der Waals surface area contributed by atoms with Gasteiger partial charge in [0.25, 0.3) is 0 Å². The second-order valence-electron chi connectivity index (χ2n) is 35.8. The van der Waals surface area contributed by atoms with Crippen molar-refractivity contribution in [2.24, 2.45) is 45.3 Å².